The third-order valence-electron chi connectivity index (χ3n) is 3.19. The minimum absolute atomic E-state index is 0.405. The number of hydrogen-bond donors (Lipinski definition) is 0. The Hall–Kier alpha value is -2.69. The summed E-state index contributed by atoms with van der Waals surface area (Å²) in [7, 11) is 1.35. The average molecular weight is 267 g/mol. The molecule has 5 nitrogen and oxygen atoms in total. The molecule has 0 saturated carbocycles. The van der Waals surface area contributed by atoms with Crippen LogP contribution in [0.4, 0.5) is 0 Å². The number of fused-ring (bicyclic) bond motifs is 1. The maximum atomic E-state index is 11.7. The normalized spacial score (nSPS) is 10.7. The number of carbonyl (C=O) groups is 1. The van der Waals surface area contributed by atoms with E-state index in [9.17, 15) is 4.79 Å². The Bertz CT molecular complexity index is 793. The molecule has 20 heavy (non-hydrogen) atoms. The molecule has 2 aromatic heterocycles. The molecule has 0 amide bonds. The van der Waals surface area contributed by atoms with Crippen LogP contribution in [0.1, 0.15) is 15.9 Å². The van der Waals surface area contributed by atoms with Gasteiger partial charge in [0.05, 0.1) is 19.0 Å². The van der Waals surface area contributed by atoms with Gasteiger partial charge in [0, 0.05) is 11.8 Å². The summed E-state index contributed by atoms with van der Waals surface area (Å²) in [5.41, 5.74) is 3.83. The fraction of sp³-hybridized carbons (Fsp3) is 0.133. The smallest absolute Gasteiger partial charge is 0.341 e. The highest BCUT2D eigenvalue weighted by Gasteiger charge is 2.15. The zero-order valence-electron chi connectivity index (χ0n) is 11.2. The van der Waals surface area contributed by atoms with Crippen molar-refractivity contribution >= 4 is 11.6 Å². The van der Waals surface area contributed by atoms with E-state index in [0.29, 0.717) is 11.2 Å². The van der Waals surface area contributed by atoms with Crippen LogP contribution < -0.4 is 0 Å². The molecule has 0 fully saturated rings. The van der Waals surface area contributed by atoms with Crippen LogP contribution in [0, 0.1) is 6.92 Å². The van der Waals surface area contributed by atoms with Crippen LogP contribution >= 0.6 is 0 Å². The van der Waals surface area contributed by atoms with E-state index in [0.717, 1.165) is 16.8 Å². The highest BCUT2D eigenvalue weighted by atomic mass is 16.5. The standard InChI is InChI=1S/C15H13N3O2/c1-10-5-3-4-6-11(10)13-9-18-14(17-13)12(7-8-16-18)15(19)20-2/h3-9H,1-2H3. The van der Waals surface area contributed by atoms with Crippen molar-refractivity contribution in [3.63, 3.8) is 0 Å². The van der Waals surface area contributed by atoms with E-state index < -0.39 is 5.97 Å². The van der Waals surface area contributed by atoms with Gasteiger partial charge in [0.15, 0.2) is 5.65 Å². The van der Waals surface area contributed by atoms with Gasteiger partial charge in [-0.15, -0.1) is 0 Å². The second-order valence-electron chi connectivity index (χ2n) is 4.45. The van der Waals surface area contributed by atoms with E-state index in [-0.39, 0.29) is 0 Å². The van der Waals surface area contributed by atoms with Gasteiger partial charge >= 0.3 is 5.97 Å². The summed E-state index contributed by atoms with van der Waals surface area (Å²) in [6.07, 6.45) is 3.37. The lowest BCUT2D eigenvalue weighted by atomic mass is 10.1. The number of aryl methyl sites for hydroxylation is 1. The molecule has 5 heteroatoms. The van der Waals surface area contributed by atoms with E-state index >= 15 is 0 Å². The number of hydrogen-bond acceptors (Lipinski definition) is 4. The Morgan fingerprint density at radius 3 is 2.80 bits per heavy atom. The van der Waals surface area contributed by atoms with Gasteiger partial charge in [0.1, 0.15) is 5.56 Å². The van der Waals surface area contributed by atoms with Crippen molar-refractivity contribution in [2.45, 2.75) is 6.92 Å². The highest BCUT2D eigenvalue weighted by Crippen LogP contribution is 2.23. The summed E-state index contributed by atoms with van der Waals surface area (Å²) in [6, 6.07) is 9.56. The van der Waals surface area contributed by atoms with Gasteiger partial charge in [-0.1, -0.05) is 24.3 Å². The van der Waals surface area contributed by atoms with E-state index in [1.807, 2.05) is 37.4 Å². The molecule has 0 aliphatic heterocycles. The fourth-order valence-electron chi connectivity index (χ4n) is 2.16. The van der Waals surface area contributed by atoms with E-state index in [2.05, 4.69) is 10.1 Å². The summed E-state index contributed by atoms with van der Waals surface area (Å²) in [6.45, 7) is 2.02. The molecule has 0 unspecified atom stereocenters. The molecule has 0 aliphatic rings. The first-order valence-electron chi connectivity index (χ1n) is 6.19. The van der Waals surface area contributed by atoms with Gasteiger partial charge < -0.3 is 4.74 Å². The van der Waals surface area contributed by atoms with Gasteiger partial charge in [0.25, 0.3) is 0 Å². The lowest BCUT2D eigenvalue weighted by Gasteiger charge is -2.00. The van der Waals surface area contributed by atoms with E-state index in [1.165, 1.54) is 7.11 Å². The average Bonchev–Trinajstić information content (AvgIpc) is 2.90. The van der Waals surface area contributed by atoms with Gasteiger partial charge in [-0.2, -0.15) is 5.10 Å². The van der Waals surface area contributed by atoms with Crippen molar-refractivity contribution in [2.24, 2.45) is 0 Å². The topological polar surface area (TPSA) is 56.5 Å². The second kappa shape index (κ2) is 4.77. The van der Waals surface area contributed by atoms with Crippen LogP contribution in [-0.4, -0.2) is 27.7 Å². The largest absolute Gasteiger partial charge is 0.465 e. The molecule has 0 aliphatic carbocycles. The van der Waals surface area contributed by atoms with E-state index in [4.69, 9.17) is 4.74 Å². The van der Waals surface area contributed by atoms with Crippen molar-refractivity contribution in [1.82, 2.24) is 14.6 Å². The van der Waals surface area contributed by atoms with Crippen molar-refractivity contribution < 1.29 is 9.53 Å². The quantitative estimate of drug-likeness (QED) is 0.669. The lowest BCUT2D eigenvalue weighted by Crippen LogP contribution is -2.05. The molecule has 0 atom stereocenters. The summed E-state index contributed by atoms with van der Waals surface area (Å²) < 4.78 is 6.35. The number of benzene rings is 1. The van der Waals surface area contributed by atoms with E-state index in [1.54, 1.807) is 16.8 Å². The van der Waals surface area contributed by atoms with Gasteiger partial charge in [0.2, 0.25) is 0 Å². The van der Waals surface area contributed by atoms with Gasteiger partial charge in [-0.05, 0) is 18.6 Å². The molecule has 0 saturated heterocycles. The summed E-state index contributed by atoms with van der Waals surface area (Å²) in [5, 5.41) is 4.18. The highest BCUT2D eigenvalue weighted by molar-refractivity contribution is 5.95. The van der Waals surface area contributed by atoms with Crippen LogP contribution in [0.15, 0.2) is 42.7 Å². The molecule has 100 valence electrons. The summed E-state index contributed by atoms with van der Waals surface area (Å²) in [4.78, 5) is 16.2. The Kier molecular flexibility index (Phi) is 2.95. The second-order valence-corrected chi connectivity index (χ2v) is 4.45. The number of rotatable bonds is 2. The predicted octanol–water partition coefficient (Wildman–Crippen LogP) is 2.49. The first-order chi connectivity index (χ1) is 9.70. The molecule has 0 spiro atoms. The molecule has 2 heterocycles. The van der Waals surface area contributed by atoms with Crippen LogP contribution in [0.3, 0.4) is 0 Å². The zero-order valence-corrected chi connectivity index (χ0v) is 11.2. The molecular formula is C15H13N3O2. The first kappa shape index (κ1) is 12.3. The molecular weight excluding hydrogens is 254 g/mol. The van der Waals surface area contributed by atoms with Gasteiger partial charge in [-0.3, -0.25) is 0 Å². The maximum Gasteiger partial charge on any atom is 0.341 e. The molecule has 3 rings (SSSR count). The minimum Gasteiger partial charge on any atom is -0.465 e. The Labute approximate surface area is 115 Å². The minimum atomic E-state index is -0.417. The number of carbonyl (C=O) groups excluding carboxylic acids is 1. The van der Waals surface area contributed by atoms with Crippen LogP contribution in [0.5, 0.6) is 0 Å². The molecule has 1 aromatic carbocycles. The van der Waals surface area contributed by atoms with Gasteiger partial charge in [-0.25, -0.2) is 14.3 Å². The van der Waals surface area contributed by atoms with Crippen LogP contribution in [0.2, 0.25) is 0 Å². The molecule has 3 aromatic rings. The monoisotopic (exact) mass is 267 g/mol. The van der Waals surface area contributed by atoms with Crippen molar-refractivity contribution in [1.29, 1.82) is 0 Å². The predicted molar refractivity (Wildman–Crippen MR) is 74.5 cm³/mol. The third kappa shape index (κ3) is 1.93. The first-order valence-corrected chi connectivity index (χ1v) is 6.19. The molecule has 0 N–H and O–H groups in total. The van der Waals surface area contributed by atoms with Crippen molar-refractivity contribution in [2.75, 3.05) is 7.11 Å². The zero-order chi connectivity index (χ0) is 14.1. The molecule has 0 bridgehead atoms. The molecule has 0 radical (unpaired) electrons. The number of ether oxygens (including phenoxy) is 1. The van der Waals surface area contributed by atoms with Crippen LogP contribution in [-0.2, 0) is 4.74 Å². The fourth-order valence-corrected chi connectivity index (χ4v) is 2.16. The third-order valence-corrected chi connectivity index (χ3v) is 3.19. The Morgan fingerprint density at radius 2 is 2.05 bits per heavy atom. The maximum absolute atomic E-state index is 11.7. The van der Waals surface area contributed by atoms with Crippen LogP contribution in [0.25, 0.3) is 16.9 Å². The Morgan fingerprint density at radius 1 is 1.25 bits per heavy atom. The van der Waals surface area contributed by atoms with Crippen molar-refractivity contribution in [3.8, 4) is 11.3 Å². The Balaban J connectivity index is 2.21. The summed E-state index contributed by atoms with van der Waals surface area (Å²) >= 11 is 0. The summed E-state index contributed by atoms with van der Waals surface area (Å²) in [5.74, 6) is -0.417. The number of nitrogens with zero attached hydrogens (tertiary/aromatic N) is 3. The SMILES string of the molecule is COC(=O)c1ccnn2cc(-c3ccccc3C)nc12. The number of methoxy groups -OCH3 is 1. The number of aromatic nitrogens is 3. The number of esters is 1. The number of imidazole rings is 1. The lowest BCUT2D eigenvalue weighted by molar-refractivity contribution is 0.0602. The van der Waals surface area contributed by atoms with Crippen molar-refractivity contribution in [3.05, 3.63) is 53.9 Å².